The lowest BCUT2D eigenvalue weighted by atomic mass is 10.0. The topological polar surface area (TPSA) is 32.3 Å². The van der Waals surface area contributed by atoms with E-state index in [9.17, 15) is 22.4 Å². The largest absolute Gasteiger partial charge is 0.397 e. The van der Waals surface area contributed by atoms with Gasteiger partial charge in [0.1, 0.15) is 12.2 Å². The Morgan fingerprint density at radius 2 is 2.15 bits per heavy atom. The fraction of sp³-hybridized carbons (Fsp3) is 0.462. The molecule has 1 amide bonds. The minimum atomic E-state index is -4.53. The van der Waals surface area contributed by atoms with E-state index in [2.05, 4.69) is 5.32 Å². The molecular formula is C13H14F4N2O. The van der Waals surface area contributed by atoms with E-state index in [1.54, 1.807) is 6.07 Å². The maximum Gasteiger partial charge on any atom is 0.397 e. The Morgan fingerprint density at radius 1 is 1.40 bits per heavy atom. The molecule has 1 unspecified atom stereocenters. The molecule has 1 aliphatic heterocycles. The smallest absolute Gasteiger partial charge is 0.333 e. The quantitative estimate of drug-likeness (QED) is 0.847. The van der Waals surface area contributed by atoms with E-state index in [-0.39, 0.29) is 6.54 Å². The number of halogens is 4. The zero-order valence-electron chi connectivity index (χ0n) is 10.6. The van der Waals surface area contributed by atoms with Gasteiger partial charge in [-0.25, -0.2) is 4.39 Å². The highest BCUT2D eigenvalue weighted by atomic mass is 19.4. The van der Waals surface area contributed by atoms with Crippen molar-refractivity contribution >= 4 is 5.91 Å². The van der Waals surface area contributed by atoms with Crippen LogP contribution in [0.4, 0.5) is 17.6 Å². The third-order valence-corrected chi connectivity index (χ3v) is 3.15. The van der Waals surface area contributed by atoms with Gasteiger partial charge in [-0.15, -0.1) is 0 Å². The van der Waals surface area contributed by atoms with Crippen LogP contribution in [0.3, 0.4) is 0 Å². The van der Waals surface area contributed by atoms with E-state index in [4.69, 9.17) is 0 Å². The second kappa shape index (κ2) is 5.78. The van der Waals surface area contributed by atoms with Crippen molar-refractivity contribution in [2.75, 3.05) is 19.6 Å². The van der Waals surface area contributed by atoms with Gasteiger partial charge in [0.25, 0.3) is 0 Å². The molecule has 1 aromatic carbocycles. The lowest BCUT2D eigenvalue weighted by molar-refractivity contribution is -0.163. The van der Waals surface area contributed by atoms with Crippen LogP contribution in [0.15, 0.2) is 24.3 Å². The third-order valence-electron chi connectivity index (χ3n) is 3.15. The van der Waals surface area contributed by atoms with Crippen LogP contribution in [0.5, 0.6) is 0 Å². The van der Waals surface area contributed by atoms with Crippen LogP contribution >= 0.6 is 0 Å². The summed E-state index contributed by atoms with van der Waals surface area (Å²) in [5.74, 6) is -1.45. The highest BCUT2D eigenvalue weighted by Crippen LogP contribution is 2.27. The normalized spacial score (nSPS) is 20.0. The molecule has 1 aromatic rings. The maximum absolute atomic E-state index is 13.2. The highest BCUT2D eigenvalue weighted by Gasteiger charge is 2.36. The van der Waals surface area contributed by atoms with Crippen molar-refractivity contribution < 1.29 is 22.4 Å². The Morgan fingerprint density at radius 3 is 2.80 bits per heavy atom. The second-order valence-corrected chi connectivity index (χ2v) is 4.65. The van der Waals surface area contributed by atoms with Gasteiger partial charge in [0, 0.05) is 19.6 Å². The van der Waals surface area contributed by atoms with E-state index in [0.717, 1.165) is 0 Å². The number of carbonyl (C=O) groups is 1. The molecule has 0 radical (unpaired) electrons. The molecule has 0 spiro atoms. The second-order valence-electron chi connectivity index (χ2n) is 4.65. The zero-order chi connectivity index (χ0) is 14.8. The van der Waals surface area contributed by atoms with Crippen molar-refractivity contribution in [2.45, 2.75) is 18.6 Å². The van der Waals surface area contributed by atoms with Gasteiger partial charge in [0.2, 0.25) is 5.91 Å². The predicted octanol–water partition coefficient (Wildman–Crippen LogP) is 2.25. The van der Waals surface area contributed by atoms with Crippen molar-refractivity contribution in [3.8, 4) is 0 Å². The van der Waals surface area contributed by atoms with E-state index in [0.29, 0.717) is 18.7 Å². The monoisotopic (exact) mass is 290 g/mol. The number of nitrogens with one attached hydrogen (secondary N) is 1. The van der Waals surface area contributed by atoms with Gasteiger partial charge in [0.05, 0.1) is 6.04 Å². The molecule has 1 aliphatic rings. The molecule has 1 atom stereocenters. The number of rotatable bonds is 2. The number of alkyl halides is 3. The number of carbonyl (C=O) groups excluding carboxylic acids is 1. The Bertz CT molecular complexity index is 490. The highest BCUT2D eigenvalue weighted by molar-refractivity contribution is 5.77. The molecule has 7 heteroatoms. The molecule has 110 valence electrons. The summed E-state index contributed by atoms with van der Waals surface area (Å²) in [6, 6.07) is 5.00. The molecule has 20 heavy (non-hydrogen) atoms. The van der Waals surface area contributed by atoms with E-state index in [1.165, 1.54) is 23.1 Å². The van der Waals surface area contributed by atoms with Crippen LogP contribution in [-0.2, 0) is 4.79 Å². The summed E-state index contributed by atoms with van der Waals surface area (Å²) in [6.07, 6.45) is -6.02. The summed E-state index contributed by atoms with van der Waals surface area (Å²) < 4.78 is 50.2. The van der Waals surface area contributed by atoms with Crippen molar-refractivity contribution in [1.82, 2.24) is 10.2 Å². The standard InChI is InChI=1S/C13H14F4N2O/c14-10-3-1-2-9(6-10)11-8-18-4-5-19(11)12(20)7-13(15,16)17/h1-3,6,11,18H,4-5,7-8H2. The average molecular weight is 290 g/mol. The Balaban J connectivity index is 2.19. The minimum absolute atomic E-state index is 0.177. The Hall–Kier alpha value is -1.63. The fourth-order valence-electron chi connectivity index (χ4n) is 2.29. The molecular weight excluding hydrogens is 276 g/mol. The first-order valence-corrected chi connectivity index (χ1v) is 6.19. The number of hydrogen-bond acceptors (Lipinski definition) is 2. The van der Waals surface area contributed by atoms with Gasteiger partial charge >= 0.3 is 6.18 Å². The molecule has 1 N–H and O–H groups in total. The van der Waals surface area contributed by atoms with Gasteiger partial charge in [-0.05, 0) is 17.7 Å². The molecule has 1 saturated heterocycles. The van der Waals surface area contributed by atoms with E-state index in [1.807, 2.05) is 0 Å². The number of hydrogen-bond donors (Lipinski definition) is 1. The van der Waals surface area contributed by atoms with Crippen molar-refractivity contribution in [2.24, 2.45) is 0 Å². The first-order chi connectivity index (χ1) is 9.37. The van der Waals surface area contributed by atoms with E-state index >= 15 is 0 Å². The maximum atomic E-state index is 13.2. The first-order valence-electron chi connectivity index (χ1n) is 6.19. The van der Waals surface area contributed by atoms with Gasteiger partial charge in [-0.2, -0.15) is 13.2 Å². The molecule has 0 bridgehead atoms. The van der Waals surface area contributed by atoms with Gasteiger partial charge in [-0.3, -0.25) is 4.79 Å². The van der Waals surface area contributed by atoms with Crippen LogP contribution in [-0.4, -0.2) is 36.6 Å². The van der Waals surface area contributed by atoms with Crippen LogP contribution in [0.2, 0.25) is 0 Å². The fourth-order valence-corrected chi connectivity index (χ4v) is 2.29. The van der Waals surface area contributed by atoms with Crippen LogP contribution in [0.1, 0.15) is 18.0 Å². The molecule has 3 nitrogen and oxygen atoms in total. The number of amides is 1. The average Bonchev–Trinajstić information content (AvgIpc) is 2.37. The summed E-state index contributed by atoms with van der Waals surface area (Å²) in [4.78, 5) is 12.9. The number of benzene rings is 1. The van der Waals surface area contributed by atoms with Gasteiger partial charge in [0.15, 0.2) is 0 Å². The molecule has 0 saturated carbocycles. The number of piperazine rings is 1. The Labute approximate surface area is 113 Å². The van der Waals surface area contributed by atoms with E-state index < -0.39 is 30.4 Å². The minimum Gasteiger partial charge on any atom is -0.333 e. The SMILES string of the molecule is O=C(CC(F)(F)F)N1CCNCC1c1cccc(F)c1. The van der Waals surface area contributed by atoms with Crippen LogP contribution in [0, 0.1) is 5.82 Å². The van der Waals surface area contributed by atoms with Crippen molar-refractivity contribution in [1.29, 1.82) is 0 Å². The summed E-state index contributed by atoms with van der Waals surface area (Å²) >= 11 is 0. The molecule has 0 aliphatic carbocycles. The lowest BCUT2D eigenvalue weighted by Gasteiger charge is -2.36. The van der Waals surface area contributed by atoms with Gasteiger partial charge < -0.3 is 10.2 Å². The lowest BCUT2D eigenvalue weighted by Crippen LogP contribution is -2.49. The van der Waals surface area contributed by atoms with Gasteiger partial charge in [-0.1, -0.05) is 12.1 Å². The third kappa shape index (κ3) is 3.69. The summed E-state index contributed by atoms with van der Waals surface area (Å²) in [7, 11) is 0. The first kappa shape index (κ1) is 14.8. The summed E-state index contributed by atoms with van der Waals surface area (Å²) in [6.45, 7) is 0.915. The zero-order valence-corrected chi connectivity index (χ0v) is 10.6. The molecule has 0 aromatic heterocycles. The van der Waals surface area contributed by atoms with Crippen LogP contribution in [0.25, 0.3) is 0 Å². The Kier molecular flexibility index (Phi) is 4.27. The molecule has 2 rings (SSSR count). The number of nitrogens with zero attached hydrogens (tertiary/aromatic N) is 1. The molecule has 1 fully saturated rings. The summed E-state index contributed by atoms with van der Waals surface area (Å²) in [5.41, 5.74) is 0.493. The van der Waals surface area contributed by atoms with Crippen molar-refractivity contribution in [3.05, 3.63) is 35.6 Å². The summed E-state index contributed by atoms with van der Waals surface area (Å²) in [5, 5.41) is 3.00. The van der Waals surface area contributed by atoms with Crippen LogP contribution < -0.4 is 5.32 Å². The van der Waals surface area contributed by atoms with Crippen molar-refractivity contribution in [3.63, 3.8) is 0 Å². The predicted molar refractivity (Wildman–Crippen MR) is 64.4 cm³/mol. The molecule has 1 heterocycles.